The van der Waals surface area contributed by atoms with Gasteiger partial charge in [0.1, 0.15) is 11.4 Å². The third kappa shape index (κ3) is 5.04. The normalized spacial score (nSPS) is 16.6. The molecular formula is C30H41ClN4O. The number of hydrogen-bond donors (Lipinski definition) is 2. The van der Waals surface area contributed by atoms with Gasteiger partial charge in [-0.25, -0.2) is 4.68 Å². The first kappa shape index (κ1) is 27.8. The largest absolute Gasteiger partial charge is 0.363 e. The number of amides is 1. The van der Waals surface area contributed by atoms with Crippen LogP contribution < -0.4 is 10.6 Å². The maximum atomic E-state index is 13.9. The number of carbonyl (C=O) groups excluding carboxylic acids is 1. The molecule has 1 aliphatic heterocycles. The highest BCUT2D eigenvalue weighted by molar-refractivity contribution is 6.00. The molecule has 2 heterocycles. The second kappa shape index (κ2) is 10.7. The van der Waals surface area contributed by atoms with Crippen LogP contribution in [0.1, 0.15) is 106 Å². The van der Waals surface area contributed by atoms with Gasteiger partial charge in [0.25, 0.3) is 5.91 Å². The Balaban J connectivity index is 0.00000361. The summed E-state index contributed by atoms with van der Waals surface area (Å²) in [6.07, 6.45) is 2.51. The van der Waals surface area contributed by atoms with Crippen molar-refractivity contribution < 1.29 is 4.79 Å². The summed E-state index contributed by atoms with van der Waals surface area (Å²) in [5.74, 6) is 1.21. The van der Waals surface area contributed by atoms with E-state index in [1.165, 1.54) is 11.1 Å². The van der Waals surface area contributed by atoms with Crippen molar-refractivity contribution >= 4 is 24.1 Å². The molecule has 2 aromatic carbocycles. The molecule has 0 aliphatic carbocycles. The number of rotatable bonds is 7. The molecule has 0 bridgehead atoms. The quantitative estimate of drug-likeness (QED) is 0.348. The second-order valence-corrected chi connectivity index (χ2v) is 10.9. The first-order chi connectivity index (χ1) is 16.6. The van der Waals surface area contributed by atoms with Crippen LogP contribution in [0.15, 0.2) is 54.6 Å². The Kier molecular flexibility index (Phi) is 8.24. The molecule has 0 spiro atoms. The number of halogens is 1. The highest BCUT2D eigenvalue weighted by atomic mass is 35.5. The maximum absolute atomic E-state index is 13.9. The Bertz CT molecular complexity index is 1180. The van der Waals surface area contributed by atoms with Gasteiger partial charge in [0.2, 0.25) is 0 Å². The van der Waals surface area contributed by atoms with E-state index in [9.17, 15) is 4.79 Å². The van der Waals surface area contributed by atoms with Crippen LogP contribution >= 0.6 is 12.4 Å². The number of carbonyl (C=O) groups is 1. The molecule has 0 unspecified atom stereocenters. The second-order valence-electron chi connectivity index (χ2n) is 10.9. The van der Waals surface area contributed by atoms with Gasteiger partial charge in [-0.15, -0.1) is 12.4 Å². The Morgan fingerprint density at radius 3 is 2.28 bits per heavy atom. The third-order valence-electron chi connectivity index (χ3n) is 7.77. The lowest BCUT2D eigenvalue weighted by Gasteiger charge is -2.38. The van der Waals surface area contributed by atoms with Crippen LogP contribution in [0.5, 0.6) is 0 Å². The summed E-state index contributed by atoms with van der Waals surface area (Å²) < 4.78 is 2.01. The number of aryl methyl sites for hydroxylation is 1. The molecule has 4 rings (SSSR count). The van der Waals surface area contributed by atoms with E-state index in [0.29, 0.717) is 11.5 Å². The van der Waals surface area contributed by atoms with Gasteiger partial charge in [-0.1, -0.05) is 82.3 Å². The highest BCUT2D eigenvalue weighted by Crippen LogP contribution is 2.41. The number of nitrogens with one attached hydrogen (secondary N) is 2. The minimum absolute atomic E-state index is 0. The van der Waals surface area contributed by atoms with E-state index in [2.05, 4.69) is 101 Å². The summed E-state index contributed by atoms with van der Waals surface area (Å²) in [5.41, 5.74) is 4.42. The molecule has 1 aromatic heterocycles. The predicted molar refractivity (Wildman–Crippen MR) is 151 cm³/mol. The molecule has 0 saturated carbocycles. The van der Waals surface area contributed by atoms with E-state index >= 15 is 0 Å². The van der Waals surface area contributed by atoms with Gasteiger partial charge in [-0.05, 0) is 62.6 Å². The van der Waals surface area contributed by atoms with Gasteiger partial charge in [0.05, 0.1) is 22.8 Å². The first-order valence-corrected chi connectivity index (χ1v) is 13.0. The summed E-state index contributed by atoms with van der Waals surface area (Å²) in [6, 6.07) is 19.3. The van der Waals surface area contributed by atoms with E-state index in [-0.39, 0.29) is 29.9 Å². The van der Waals surface area contributed by atoms with Crippen molar-refractivity contribution in [3.63, 3.8) is 0 Å². The van der Waals surface area contributed by atoms with Gasteiger partial charge < -0.3 is 10.6 Å². The zero-order valence-electron chi connectivity index (χ0n) is 22.7. The Morgan fingerprint density at radius 1 is 1.11 bits per heavy atom. The minimum Gasteiger partial charge on any atom is -0.363 e. The van der Waals surface area contributed by atoms with Crippen LogP contribution in [0.2, 0.25) is 0 Å². The minimum atomic E-state index is -0.434. The summed E-state index contributed by atoms with van der Waals surface area (Å²) >= 11 is 0. The van der Waals surface area contributed by atoms with Gasteiger partial charge >= 0.3 is 0 Å². The number of hydrogen-bond acceptors (Lipinski definition) is 3. The Morgan fingerprint density at radius 2 is 1.72 bits per heavy atom. The van der Waals surface area contributed by atoms with E-state index in [0.717, 1.165) is 36.3 Å². The van der Waals surface area contributed by atoms with Crippen molar-refractivity contribution in [2.75, 3.05) is 5.32 Å². The molecule has 6 heteroatoms. The fraction of sp³-hybridized carbons (Fsp3) is 0.467. The van der Waals surface area contributed by atoms with Crippen molar-refractivity contribution in [2.24, 2.45) is 0 Å². The van der Waals surface area contributed by atoms with E-state index < -0.39 is 5.54 Å². The first-order valence-electron chi connectivity index (χ1n) is 13.0. The predicted octanol–water partition coefficient (Wildman–Crippen LogP) is 7.47. The number of fused-ring (bicyclic) bond motifs is 1. The van der Waals surface area contributed by atoms with Crippen molar-refractivity contribution in [1.82, 2.24) is 15.1 Å². The zero-order chi connectivity index (χ0) is 25.4. The van der Waals surface area contributed by atoms with E-state index in [1.807, 2.05) is 17.7 Å². The van der Waals surface area contributed by atoms with Gasteiger partial charge in [0.15, 0.2) is 0 Å². The fourth-order valence-electron chi connectivity index (χ4n) is 5.43. The van der Waals surface area contributed by atoms with Gasteiger partial charge in [-0.2, -0.15) is 5.10 Å². The van der Waals surface area contributed by atoms with Crippen LogP contribution in [0.3, 0.4) is 0 Å². The lowest BCUT2D eigenvalue weighted by Crippen LogP contribution is -2.45. The maximum Gasteiger partial charge on any atom is 0.257 e. The average molecular weight is 509 g/mol. The SMILES string of the molecule is CCC(CC)(NC(=O)c1c(C)nn2c1N[C@@H](c1ccccc1)CC2(C)C)c1ccc(C(C)C)cc1.Cl. The van der Waals surface area contributed by atoms with Crippen molar-refractivity contribution in [3.05, 3.63) is 82.5 Å². The topological polar surface area (TPSA) is 59.0 Å². The van der Waals surface area contributed by atoms with Crippen molar-refractivity contribution in [3.8, 4) is 0 Å². The molecule has 1 aliphatic rings. The van der Waals surface area contributed by atoms with E-state index in [1.54, 1.807) is 0 Å². The standard InChI is InChI=1S/C30H40N4O.ClH/c1-8-30(9-2,24-17-15-22(16-18-24)20(3)4)32-28(35)26-21(5)33-34-27(26)31-25(19-29(34,6)7)23-13-11-10-12-14-23;/h10-18,20,25,31H,8-9,19H2,1-7H3,(H,32,35);1H/t25-;/m1./s1. The summed E-state index contributed by atoms with van der Waals surface area (Å²) in [5, 5.41) is 11.9. The van der Waals surface area contributed by atoms with Gasteiger partial charge in [0, 0.05) is 0 Å². The monoisotopic (exact) mass is 508 g/mol. The van der Waals surface area contributed by atoms with Gasteiger partial charge in [-0.3, -0.25) is 4.79 Å². The molecular weight excluding hydrogens is 468 g/mol. The molecule has 1 atom stereocenters. The summed E-state index contributed by atoms with van der Waals surface area (Å²) in [4.78, 5) is 13.9. The molecule has 36 heavy (non-hydrogen) atoms. The molecule has 194 valence electrons. The van der Waals surface area contributed by atoms with Crippen LogP contribution in [0.25, 0.3) is 0 Å². The highest BCUT2D eigenvalue weighted by Gasteiger charge is 2.39. The molecule has 1 amide bonds. The number of aromatic nitrogens is 2. The van der Waals surface area contributed by atoms with Crippen LogP contribution in [-0.2, 0) is 11.1 Å². The van der Waals surface area contributed by atoms with E-state index in [4.69, 9.17) is 5.10 Å². The average Bonchev–Trinajstić information content (AvgIpc) is 3.20. The number of benzene rings is 2. The number of nitrogens with zero attached hydrogens (tertiary/aromatic N) is 2. The molecule has 0 saturated heterocycles. The molecule has 2 N–H and O–H groups in total. The lowest BCUT2D eigenvalue weighted by atomic mass is 9.83. The summed E-state index contributed by atoms with van der Waals surface area (Å²) in [7, 11) is 0. The van der Waals surface area contributed by atoms with Crippen molar-refractivity contribution in [1.29, 1.82) is 0 Å². The third-order valence-corrected chi connectivity index (χ3v) is 7.77. The molecule has 5 nitrogen and oxygen atoms in total. The number of anilines is 1. The van der Waals surface area contributed by atoms with Crippen LogP contribution in [0, 0.1) is 6.92 Å². The van der Waals surface area contributed by atoms with Crippen molar-refractivity contribution in [2.45, 2.75) is 90.8 Å². The molecule has 0 fully saturated rings. The smallest absolute Gasteiger partial charge is 0.257 e. The van der Waals surface area contributed by atoms with Crippen LogP contribution in [-0.4, -0.2) is 15.7 Å². The Hall–Kier alpha value is -2.79. The molecule has 3 aromatic rings. The summed E-state index contributed by atoms with van der Waals surface area (Å²) in [6.45, 7) is 15.0. The Labute approximate surface area is 222 Å². The lowest BCUT2D eigenvalue weighted by molar-refractivity contribution is 0.0889. The molecule has 0 radical (unpaired) electrons. The zero-order valence-corrected chi connectivity index (χ0v) is 23.5. The van der Waals surface area contributed by atoms with Crippen LogP contribution in [0.4, 0.5) is 5.82 Å². The fourth-order valence-corrected chi connectivity index (χ4v) is 5.43.